The first-order chi connectivity index (χ1) is 13.6. The second kappa shape index (κ2) is 7.98. The lowest BCUT2D eigenvalue weighted by molar-refractivity contribution is -0.122. The number of nitrogens with one attached hydrogen (secondary N) is 1. The molecule has 7 heteroatoms. The van der Waals surface area contributed by atoms with E-state index < -0.39 is 0 Å². The summed E-state index contributed by atoms with van der Waals surface area (Å²) in [6.07, 6.45) is 2.02. The molecule has 1 aliphatic rings. The van der Waals surface area contributed by atoms with Gasteiger partial charge in [0.05, 0.1) is 31.2 Å². The van der Waals surface area contributed by atoms with Crippen molar-refractivity contribution in [3.8, 4) is 0 Å². The fourth-order valence-electron chi connectivity index (χ4n) is 3.54. The average molecular weight is 395 g/mol. The molecule has 3 heterocycles. The van der Waals surface area contributed by atoms with E-state index in [-0.39, 0.29) is 24.3 Å². The van der Waals surface area contributed by atoms with Crippen LogP contribution in [-0.4, -0.2) is 33.0 Å². The molecule has 0 unspecified atom stereocenters. The van der Waals surface area contributed by atoms with Gasteiger partial charge in [0.2, 0.25) is 5.91 Å². The molecule has 1 aromatic carbocycles. The first kappa shape index (κ1) is 18.4. The van der Waals surface area contributed by atoms with Crippen LogP contribution in [0.5, 0.6) is 0 Å². The highest BCUT2D eigenvalue weighted by molar-refractivity contribution is 7.09. The van der Waals surface area contributed by atoms with Crippen molar-refractivity contribution in [3.05, 3.63) is 75.7 Å². The molecule has 1 aliphatic heterocycles. The van der Waals surface area contributed by atoms with Crippen LogP contribution in [0.4, 0.5) is 0 Å². The second-order valence-electron chi connectivity index (χ2n) is 7.04. The zero-order valence-corrected chi connectivity index (χ0v) is 16.5. The Hall–Kier alpha value is -2.93. The number of aromatic nitrogens is 2. The molecule has 6 nitrogen and oxygen atoms in total. The SMILES string of the molecule is Cc1cccc(C(=O)N2Cc3ccnn3[C@@H](CC(=O)NCc3cccs3)C2)c1. The molecule has 1 atom stereocenters. The molecule has 3 aromatic rings. The van der Waals surface area contributed by atoms with Gasteiger partial charge in [-0.2, -0.15) is 5.10 Å². The number of thiophene rings is 1. The average Bonchev–Trinajstić information content (AvgIpc) is 3.37. The summed E-state index contributed by atoms with van der Waals surface area (Å²) in [7, 11) is 0. The standard InChI is InChI=1S/C21H22N4O2S/c1-15-4-2-5-16(10-15)21(27)24-13-17-7-8-23-25(17)18(14-24)11-20(26)22-12-19-6-3-9-28-19/h2-10,18H,11-14H2,1H3,(H,22,26)/t18-/m0/s1. The zero-order chi connectivity index (χ0) is 19.5. The Bertz CT molecular complexity index is 980. The van der Waals surface area contributed by atoms with Gasteiger partial charge in [-0.25, -0.2) is 0 Å². The highest BCUT2D eigenvalue weighted by Crippen LogP contribution is 2.24. The Morgan fingerprint density at radius 2 is 2.14 bits per heavy atom. The predicted octanol–water partition coefficient (Wildman–Crippen LogP) is 3.16. The number of fused-ring (bicyclic) bond motifs is 1. The molecule has 0 saturated carbocycles. The van der Waals surface area contributed by atoms with Gasteiger partial charge in [-0.3, -0.25) is 14.3 Å². The molecule has 28 heavy (non-hydrogen) atoms. The van der Waals surface area contributed by atoms with E-state index in [0.29, 0.717) is 25.2 Å². The van der Waals surface area contributed by atoms with Gasteiger partial charge in [0.25, 0.3) is 5.91 Å². The van der Waals surface area contributed by atoms with E-state index in [0.717, 1.165) is 16.1 Å². The lowest BCUT2D eigenvalue weighted by atomic mass is 10.1. The van der Waals surface area contributed by atoms with Crippen molar-refractivity contribution < 1.29 is 9.59 Å². The summed E-state index contributed by atoms with van der Waals surface area (Å²) < 4.78 is 1.88. The summed E-state index contributed by atoms with van der Waals surface area (Å²) in [5, 5.41) is 9.34. The number of hydrogen-bond acceptors (Lipinski definition) is 4. The third kappa shape index (κ3) is 3.99. The van der Waals surface area contributed by atoms with Crippen molar-refractivity contribution in [1.82, 2.24) is 20.0 Å². The van der Waals surface area contributed by atoms with Gasteiger partial charge in [-0.15, -0.1) is 11.3 Å². The fraction of sp³-hybridized carbons (Fsp3) is 0.286. The minimum Gasteiger partial charge on any atom is -0.351 e. The third-order valence-electron chi connectivity index (χ3n) is 4.90. The van der Waals surface area contributed by atoms with Crippen LogP contribution in [0.3, 0.4) is 0 Å². The van der Waals surface area contributed by atoms with Gasteiger partial charge in [-0.1, -0.05) is 23.8 Å². The molecule has 4 rings (SSSR count). The quantitative estimate of drug-likeness (QED) is 0.723. The van der Waals surface area contributed by atoms with Crippen LogP contribution >= 0.6 is 11.3 Å². The van der Waals surface area contributed by atoms with Gasteiger partial charge < -0.3 is 10.2 Å². The minimum atomic E-state index is -0.171. The number of nitrogens with zero attached hydrogens (tertiary/aromatic N) is 3. The number of aryl methyl sites for hydroxylation is 1. The third-order valence-corrected chi connectivity index (χ3v) is 5.77. The van der Waals surface area contributed by atoms with Crippen molar-refractivity contribution in [1.29, 1.82) is 0 Å². The van der Waals surface area contributed by atoms with E-state index >= 15 is 0 Å². The molecular formula is C21H22N4O2S. The fourth-order valence-corrected chi connectivity index (χ4v) is 4.18. The number of amides is 2. The normalized spacial score (nSPS) is 15.9. The summed E-state index contributed by atoms with van der Waals surface area (Å²) in [4.78, 5) is 28.4. The number of hydrogen-bond donors (Lipinski definition) is 1. The van der Waals surface area contributed by atoms with E-state index in [9.17, 15) is 9.59 Å². The van der Waals surface area contributed by atoms with Gasteiger partial charge >= 0.3 is 0 Å². The van der Waals surface area contributed by atoms with Crippen molar-refractivity contribution in [2.24, 2.45) is 0 Å². The summed E-state index contributed by atoms with van der Waals surface area (Å²) in [6, 6.07) is 13.3. The van der Waals surface area contributed by atoms with Crippen molar-refractivity contribution >= 4 is 23.2 Å². The van der Waals surface area contributed by atoms with E-state index in [1.54, 1.807) is 17.5 Å². The smallest absolute Gasteiger partial charge is 0.254 e. The van der Waals surface area contributed by atoms with Crippen molar-refractivity contribution in [3.63, 3.8) is 0 Å². The van der Waals surface area contributed by atoms with E-state index in [4.69, 9.17) is 0 Å². The number of carbonyl (C=O) groups excluding carboxylic acids is 2. The second-order valence-corrected chi connectivity index (χ2v) is 8.07. The highest BCUT2D eigenvalue weighted by atomic mass is 32.1. The Labute approximate surface area is 167 Å². The maximum Gasteiger partial charge on any atom is 0.254 e. The van der Waals surface area contributed by atoms with Crippen molar-refractivity contribution in [2.45, 2.75) is 32.5 Å². The maximum atomic E-state index is 13.0. The Kier molecular flexibility index (Phi) is 5.25. The highest BCUT2D eigenvalue weighted by Gasteiger charge is 2.30. The number of benzene rings is 1. The van der Waals surface area contributed by atoms with Crippen LogP contribution in [-0.2, 0) is 17.9 Å². The number of rotatable bonds is 5. The molecule has 1 N–H and O–H groups in total. The molecule has 0 spiro atoms. The van der Waals surface area contributed by atoms with Crippen LogP contribution in [0.15, 0.2) is 54.0 Å². The lowest BCUT2D eigenvalue weighted by Gasteiger charge is -2.33. The molecule has 0 fully saturated rings. The van der Waals surface area contributed by atoms with Gasteiger partial charge in [0, 0.05) is 23.2 Å². The van der Waals surface area contributed by atoms with E-state index in [1.807, 2.05) is 64.4 Å². The van der Waals surface area contributed by atoms with Crippen molar-refractivity contribution in [2.75, 3.05) is 6.54 Å². The lowest BCUT2D eigenvalue weighted by Crippen LogP contribution is -2.42. The minimum absolute atomic E-state index is 0.0138. The van der Waals surface area contributed by atoms with Crippen LogP contribution in [0.1, 0.15) is 39.0 Å². The summed E-state index contributed by atoms with van der Waals surface area (Å²) in [6.45, 7) is 3.47. The Morgan fingerprint density at radius 1 is 1.25 bits per heavy atom. The summed E-state index contributed by atoms with van der Waals surface area (Å²) in [5.74, 6) is -0.0511. The van der Waals surface area contributed by atoms with Gasteiger partial charge in [-0.05, 0) is 36.6 Å². The molecule has 0 radical (unpaired) electrons. The van der Waals surface area contributed by atoms with Crippen LogP contribution in [0.25, 0.3) is 0 Å². The molecule has 2 amide bonds. The molecule has 2 aromatic heterocycles. The van der Waals surface area contributed by atoms with Crippen LogP contribution in [0.2, 0.25) is 0 Å². The van der Waals surface area contributed by atoms with E-state index in [1.165, 1.54) is 0 Å². The molecular weight excluding hydrogens is 372 g/mol. The first-order valence-corrected chi connectivity index (χ1v) is 10.2. The summed E-state index contributed by atoms with van der Waals surface area (Å²) >= 11 is 1.62. The maximum absolute atomic E-state index is 13.0. The Balaban J connectivity index is 1.46. The van der Waals surface area contributed by atoms with Gasteiger partial charge in [0.15, 0.2) is 0 Å². The van der Waals surface area contributed by atoms with E-state index in [2.05, 4.69) is 10.4 Å². The van der Waals surface area contributed by atoms with Gasteiger partial charge in [0.1, 0.15) is 0 Å². The molecule has 0 aliphatic carbocycles. The number of carbonyl (C=O) groups is 2. The first-order valence-electron chi connectivity index (χ1n) is 9.27. The zero-order valence-electron chi connectivity index (χ0n) is 15.7. The molecule has 0 saturated heterocycles. The molecule has 144 valence electrons. The Morgan fingerprint density at radius 3 is 2.93 bits per heavy atom. The monoisotopic (exact) mass is 394 g/mol. The van der Waals surface area contributed by atoms with Crippen LogP contribution < -0.4 is 5.32 Å². The topological polar surface area (TPSA) is 67.2 Å². The predicted molar refractivity (Wildman–Crippen MR) is 108 cm³/mol. The van der Waals surface area contributed by atoms with Crippen LogP contribution in [0, 0.1) is 6.92 Å². The summed E-state index contributed by atoms with van der Waals surface area (Å²) in [5.41, 5.74) is 2.68. The molecule has 0 bridgehead atoms. The largest absolute Gasteiger partial charge is 0.351 e.